The van der Waals surface area contributed by atoms with Crippen molar-refractivity contribution in [2.45, 2.75) is 35.4 Å². The van der Waals surface area contributed by atoms with Crippen LogP contribution in [0.1, 0.15) is 40.1 Å². The molecule has 0 radical (unpaired) electrons. The van der Waals surface area contributed by atoms with Crippen LogP contribution < -0.4 is 10.1 Å². The summed E-state index contributed by atoms with van der Waals surface area (Å²) in [5, 5.41) is 7.04. The maximum absolute atomic E-state index is 13.7. The minimum atomic E-state index is -0.277. The van der Waals surface area contributed by atoms with Crippen molar-refractivity contribution in [3.05, 3.63) is 76.8 Å². The van der Waals surface area contributed by atoms with Gasteiger partial charge in [-0.3, -0.25) is 14.9 Å². The van der Waals surface area contributed by atoms with Crippen molar-refractivity contribution >= 4 is 51.4 Å². The van der Waals surface area contributed by atoms with Gasteiger partial charge in [-0.25, -0.2) is 4.98 Å². The summed E-state index contributed by atoms with van der Waals surface area (Å²) in [5.74, 6) is 0.305. The molecule has 0 atom stereocenters. The lowest BCUT2D eigenvalue weighted by molar-refractivity contribution is 0.0358. The third-order valence-corrected chi connectivity index (χ3v) is 9.05. The number of ether oxygens (including phenoxy) is 1. The van der Waals surface area contributed by atoms with E-state index in [1.54, 1.807) is 30.8 Å². The molecule has 0 bridgehead atoms. The van der Waals surface area contributed by atoms with Crippen molar-refractivity contribution in [2.75, 3.05) is 32.1 Å². The Morgan fingerprint density at radius 2 is 2.08 bits per heavy atom. The fourth-order valence-corrected chi connectivity index (χ4v) is 6.86. The summed E-state index contributed by atoms with van der Waals surface area (Å²) >= 11 is 4.38. The molecule has 3 heterocycles. The molecular weight excluding hydrogens is 525 g/mol. The van der Waals surface area contributed by atoms with E-state index in [2.05, 4.69) is 42.2 Å². The van der Waals surface area contributed by atoms with Gasteiger partial charge in [0.15, 0.2) is 5.13 Å². The predicted molar refractivity (Wildman–Crippen MR) is 152 cm³/mol. The zero-order valence-electron chi connectivity index (χ0n) is 21.4. The highest BCUT2D eigenvalue weighted by atomic mass is 32.2. The third-order valence-electron chi connectivity index (χ3n) is 6.20. The first-order valence-electron chi connectivity index (χ1n) is 11.7. The molecule has 0 spiro atoms. The number of amides is 2. The standard InChI is InChI=1S/C27H30N4O3S3/c1-7-18(3)31-10-9-30(16-27(31,4)5)25(33)20-13-22(17(2)12-21(20)34-6)36-23-14-28-26(37-23)29-24(32)19-8-11-35-15-19/h7-8,11-15H,1,3,9-10,16H2,2,4-6H3,(H,28,29,32). The van der Waals surface area contributed by atoms with Crippen LogP contribution in [0.4, 0.5) is 5.13 Å². The van der Waals surface area contributed by atoms with E-state index in [9.17, 15) is 9.59 Å². The van der Waals surface area contributed by atoms with E-state index in [0.717, 1.165) is 20.4 Å². The number of allylic oxidation sites excluding steroid dienone is 1. The van der Waals surface area contributed by atoms with E-state index >= 15 is 0 Å². The Morgan fingerprint density at radius 1 is 1.30 bits per heavy atom. The van der Waals surface area contributed by atoms with Crippen LogP contribution in [0.15, 0.2) is 69.2 Å². The van der Waals surface area contributed by atoms with Crippen molar-refractivity contribution in [2.24, 2.45) is 0 Å². The van der Waals surface area contributed by atoms with Gasteiger partial charge in [-0.15, -0.1) is 0 Å². The average molecular weight is 555 g/mol. The number of rotatable bonds is 8. The molecular formula is C27H30N4O3S3. The Balaban J connectivity index is 1.53. The highest BCUT2D eigenvalue weighted by Gasteiger charge is 2.36. The zero-order valence-corrected chi connectivity index (χ0v) is 23.8. The number of anilines is 1. The van der Waals surface area contributed by atoms with Crippen LogP contribution in [0, 0.1) is 6.92 Å². The number of thiazole rings is 1. The van der Waals surface area contributed by atoms with Crippen LogP contribution in [0.25, 0.3) is 0 Å². The van der Waals surface area contributed by atoms with Crippen LogP contribution in [0.3, 0.4) is 0 Å². The molecule has 10 heteroatoms. The smallest absolute Gasteiger partial charge is 0.258 e. The lowest BCUT2D eigenvalue weighted by atomic mass is 9.97. The van der Waals surface area contributed by atoms with Gasteiger partial charge in [0.2, 0.25) is 0 Å². The summed E-state index contributed by atoms with van der Waals surface area (Å²) in [4.78, 5) is 35.4. The summed E-state index contributed by atoms with van der Waals surface area (Å²) in [5.41, 5.74) is 2.71. The number of aromatic nitrogens is 1. The van der Waals surface area contributed by atoms with Crippen molar-refractivity contribution in [1.29, 1.82) is 0 Å². The average Bonchev–Trinajstić information content (AvgIpc) is 3.56. The minimum Gasteiger partial charge on any atom is -0.496 e. The molecule has 1 saturated heterocycles. The number of hydrogen-bond donors (Lipinski definition) is 1. The molecule has 2 aromatic heterocycles. The first kappa shape index (κ1) is 27.0. The number of methoxy groups -OCH3 is 1. The third kappa shape index (κ3) is 5.92. The quantitative estimate of drug-likeness (QED) is 0.336. The summed E-state index contributed by atoms with van der Waals surface area (Å²) < 4.78 is 6.51. The molecule has 1 aromatic carbocycles. The monoisotopic (exact) mass is 554 g/mol. The molecule has 7 nitrogen and oxygen atoms in total. The minimum absolute atomic E-state index is 0.0661. The fourth-order valence-electron chi connectivity index (χ4n) is 4.28. The fraction of sp³-hybridized carbons (Fsp3) is 0.296. The van der Waals surface area contributed by atoms with Crippen molar-refractivity contribution in [3.8, 4) is 5.75 Å². The molecule has 194 valence electrons. The summed E-state index contributed by atoms with van der Waals surface area (Å²) in [7, 11) is 1.58. The topological polar surface area (TPSA) is 74.8 Å². The Labute approximate surface area is 229 Å². The zero-order chi connectivity index (χ0) is 26.7. The number of aryl methyl sites for hydroxylation is 1. The Morgan fingerprint density at radius 3 is 2.73 bits per heavy atom. The number of thiophene rings is 1. The molecule has 4 rings (SSSR count). The Hall–Kier alpha value is -3.08. The molecule has 37 heavy (non-hydrogen) atoms. The molecule has 3 aromatic rings. The van der Waals surface area contributed by atoms with Gasteiger partial charge in [0, 0.05) is 35.6 Å². The van der Waals surface area contributed by atoms with Gasteiger partial charge in [0.1, 0.15) is 5.75 Å². The molecule has 0 saturated carbocycles. The predicted octanol–water partition coefficient (Wildman–Crippen LogP) is 6.16. The van der Waals surface area contributed by atoms with Gasteiger partial charge in [0.05, 0.1) is 34.2 Å². The maximum atomic E-state index is 13.7. The second kappa shape index (κ2) is 11.1. The normalized spacial score (nSPS) is 14.8. The molecule has 1 aliphatic heterocycles. The van der Waals surface area contributed by atoms with Crippen LogP contribution >= 0.6 is 34.4 Å². The van der Waals surface area contributed by atoms with Gasteiger partial charge in [-0.05, 0) is 56.0 Å². The maximum Gasteiger partial charge on any atom is 0.258 e. The molecule has 2 amide bonds. The van der Waals surface area contributed by atoms with Gasteiger partial charge < -0.3 is 14.5 Å². The first-order valence-corrected chi connectivity index (χ1v) is 14.2. The summed E-state index contributed by atoms with van der Waals surface area (Å²) in [6.07, 6.45) is 3.49. The largest absolute Gasteiger partial charge is 0.496 e. The summed E-state index contributed by atoms with van der Waals surface area (Å²) in [6, 6.07) is 5.57. The van der Waals surface area contributed by atoms with E-state index < -0.39 is 0 Å². The second-order valence-electron chi connectivity index (χ2n) is 9.26. The second-order valence-corrected chi connectivity index (χ2v) is 12.4. The van der Waals surface area contributed by atoms with Crippen molar-refractivity contribution in [3.63, 3.8) is 0 Å². The number of piperazine rings is 1. The van der Waals surface area contributed by atoms with Crippen molar-refractivity contribution in [1.82, 2.24) is 14.8 Å². The van der Waals surface area contributed by atoms with E-state index in [-0.39, 0.29) is 17.4 Å². The number of benzene rings is 1. The molecule has 1 fully saturated rings. The van der Waals surface area contributed by atoms with E-state index in [4.69, 9.17) is 4.74 Å². The lowest BCUT2D eigenvalue weighted by Crippen LogP contribution is -2.59. The Kier molecular flexibility index (Phi) is 8.11. The number of hydrogen-bond acceptors (Lipinski definition) is 8. The molecule has 0 aliphatic carbocycles. The highest BCUT2D eigenvalue weighted by Crippen LogP contribution is 2.39. The number of nitrogens with one attached hydrogen (secondary N) is 1. The lowest BCUT2D eigenvalue weighted by Gasteiger charge is -2.48. The van der Waals surface area contributed by atoms with E-state index in [0.29, 0.717) is 41.6 Å². The van der Waals surface area contributed by atoms with Gasteiger partial charge in [-0.1, -0.05) is 36.3 Å². The van der Waals surface area contributed by atoms with Crippen LogP contribution in [0.5, 0.6) is 5.75 Å². The van der Waals surface area contributed by atoms with Gasteiger partial charge in [0.25, 0.3) is 11.8 Å². The van der Waals surface area contributed by atoms with Gasteiger partial charge >= 0.3 is 0 Å². The van der Waals surface area contributed by atoms with E-state index in [1.807, 2.05) is 29.3 Å². The molecule has 0 unspecified atom stereocenters. The van der Waals surface area contributed by atoms with Crippen molar-refractivity contribution < 1.29 is 14.3 Å². The van der Waals surface area contributed by atoms with Crippen LogP contribution in [0.2, 0.25) is 0 Å². The number of carbonyl (C=O) groups is 2. The van der Waals surface area contributed by atoms with E-state index in [1.165, 1.54) is 34.4 Å². The first-order chi connectivity index (χ1) is 17.6. The van der Waals surface area contributed by atoms with Crippen LogP contribution in [-0.4, -0.2) is 58.9 Å². The van der Waals surface area contributed by atoms with Crippen LogP contribution in [-0.2, 0) is 0 Å². The van der Waals surface area contributed by atoms with Gasteiger partial charge in [-0.2, -0.15) is 11.3 Å². The number of carbonyl (C=O) groups excluding carboxylic acids is 2. The Bertz CT molecular complexity index is 1330. The molecule has 1 N–H and O–H groups in total. The molecule has 1 aliphatic rings. The highest BCUT2D eigenvalue weighted by molar-refractivity contribution is 8.01. The number of nitrogens with zero attached hydrogens (tertiary/aromatic N) is 3. The SMILES string of the molecule is C=CC(=C)N1CCN(C(=O)c2cc(Sc3cnc(NC(=O)c4ccsc4)s3)c(C)cc2OC)CC1(C)C. The summed E-state index contributed by atoms with van der Waals surface area (Å²) in [6.45, 7) is 15.9.